The average Bonchev–Trinajstić information content (AvgIpc) is 2.17. The van der Waals surface area contributed by atoms with E-state index in [9.17, 15) is 8.42 Å². The number of methoxy groups -OCH3 is 1. The average molecular weight is 272 g/mol. The molecule has 0 aromatic carbocycles. The number of hydrogen-bond donors (Lipinski definition) is 1. The Hall–Kier alpha value is 0.160. The number of hydrogen-bond acceptors (Lipinski definition) is 3. The summed E-state index contributed by atoms with van der Waals surface area (Å²) in [6.07, 6.45) is 1.87. The van der Waals surface area contributed by atoms with Gasteiger partial charge >= 0.3 is 0 Å². The second-order valence-electron chi connectivity index (χ2n) is 4.12. The number of ether oxygens (including phenoxy) is 1. The zero-order valence-electron chi connectivity index (χ0n) is 10.3. The zero-order chi connectivity index (χ0) is 12.7. The van der Waals surface area contributed by atoms with Gasteiger partial charge in [0.25, 0.3) is 0 Å². The van der Waals surface area contributed by atoms with E-state index in [0.717, 1.165) is 6.42 Å². The van der Waals surface area contributed by atoms with Crippen molar-refractivity contribution in [3.05, 3.63) is 0 Å². The largest absolute Gasteiger partial charge is 0.385 e. The molecule has 1 N–H and O–H groups in total. The lowest BCUT2D eigenvalue weighted by Gasteiger charge is -2.28. The third kappa shape index (κ3) is 6.68. The first-order valence-electron chi connectivity index (χ1n) is 5.45. The third-order valence-electron chi connectivity index (χ3n) is 2.59. The van der Waals surface area contributed by atoms with Gasteiger partial charge in [-0.15, -0.1) is 11.6 Å². The predicted molar refractivity (Wildman–Crippen MR) is 67.4 cm³/mol. The Balaban J connectivity index is 4.31. The first-order valence-corrected chi connectivity index (χ1v) is 7.64. The molecule has 0 fully saturated rings. The highest BCUT2D eigenvalue weighted by atomic mass is 35.5. The molecule has 1 unspecified atom stereocenters. The summed E-state index contributed by atoms with van der Waals surface area (Å²) in [5.74, 6) is 0.545. The van der Waals surface area contributed by atoms with Crippen molar-refractivity contribution < 1.29 is 13.2 Å². The smallest absolute Gasteiger partial charge is 0.212 e. The Morgan fingerprint density at radius 3 is 2.50 bits per heavy atom. The van der Waals surface area contributed by atoms with Gasteiger partial charge in [0.1, 0.15) is 0 Å². The molecule has 0 rings (SSSR count). The van der Waals surface area contributed by atoms with Crippen LogP contribution < -0.4 is 4.72 Å². The monoisotopic (exact) mass is 271 g/mol. The van der Waals surface area contributed by atoms with Crippen LogP contribution in [0.2, 0.25) is 0 Å². The van der Waals surface area contributed by atoms with Crippen molar-refractivity contribution in [3.63, 3.8) is 0 Å². The van der Waals surface area contributed by atoms with Gasteiger partial charge in [-0.05, 0) is 26.2 Å². The van der Waals surface area contributed by atoms with Crippen molar-refractivity contribution in [1.29, 1.82) is 0 Å². The maximum atomic E-state index is 11.7. The second kappa shape index (κ2) is 7.48. The molecule has 0 aliphatic carbocycles. The van der Waals surface area contributed by atoms with Gasteiger partial charge in [0, 0.05) is 25.1 Å². The molecule has 0 saturated carbocycles. The Morgan fingerprint density at radius 2 is 2.06 bits per heavy atom. The van der Waals surface area contributed by atoms with Gasteiger partial charge in [-0.1, -0.05) is 6.92 Å². The molecule has 0 aromatic heterocycles. The minimum atomic E-state index is -3.23. The van der Waals surface area contributed by atoms with E-state index < -0.39 is 15.6 Å². The van der Waals surface area contributed by atoms with Crippen LogP contribution >= 0.6 is 11.6 Å². The molecule has 1 atom stereocenters. The van der Waals surface area contributed by atoms with Gasteiger partial charge in [-0.3, -0.25) is 0 Å². The maximum Gasteiger partial charge on any atom is 0.212 e. The molecule has 0 heterocycles. The van der Waals surface area contributed by atoms with Crippen molar-refractivity contribution in [2.24, 2.45) is 0 Å². The highest BCUT2D eigenvalue weighted by Crippen LogP contribution is 2.16. The number of halogens is 1. The molecule has 4 nitrogen and oxygen atoms in total. The second-order valence-corrected chi connectivity index (χ2v) is 6.34. The first kappa shape index (κ1) is 16.2. The van der Waals surface area contributed by atoms with E-state index in [1.807, 2.05) is 13.8 Å². The molecular weight excluding hydrogens is 250 g/mol. The van der Waals surface area contributed by atoms with Crippen LogP contribution in [-0.2, 0) is 14.8 Å². The van der Waals surface area contributed by atoms with Gasteiger partial charge in [-0.2, -0.15) is 0 Å². The highest BCUT2D eigenvalue weighted by Gasteiger charge is 2.26. The van der Waals surface area contributed by atoms with E-state index in [0.29, 0.717) is 25.3 Å². The normalized spacial score (nSPS) is 16.0. The molecule has 98 valence electrons. The summed E-state index contributed by atoms with van der Waals surface area (Å²) in [5.41, 5.74) is -0.437. The molecule has 16 heavy (non-hydrogen) atoms. The van der Waals surface area contributed by atoms with E-state index in [2.05, 4.69) is 4.72 Å². The number of nitrogens with one attached hydrogen (secondary N) is 1. The van der Waals surface area contributed by atoms with E-state index in [1.165, 1.54) is 0 Å². The van der Waals surface area contributed by atoms with Crippen molar-refractivity contribution in [2.45, 2.75) is 38.6 Å². The molecule has 0 amide bonds. The Morgan fingerprint density at radius 1 is 1.44 bits per heavy atom. The fourth-order valence-corrected chi connectivity index (χ4v) is 3.34. The summed E-state index contributed by atoms with van der Waals surface area (Å²) in [7, 11) is -1.68. The zero-order valence-corrected chi connectivity index (χ0v) is 11.8. The molecule has 0 aromatic rings. The highest BCUT2D eigenvalue weighted by molar-refractivity contribution is 7.89. The van der Waals surface area contributed by atoms with Gasteiger partial charge in [0.2, 0.25) is 10.0 Å². The van der Waals surface area contributed by atoms with Crippen LogP contribution in [0.5, 0.6) is 0 Å². The Bertz CT molecular complexity index is 282. The van der Waals surface area contributed by atoms with Crippen LogP contribution in [-0.4, -0.2) is 39.3 Å². The standard InChI is InChI=1S/C10H22ClNO3S/c1-4-10(2,6-7-11)12-16(13,14)9-5-8-15-3/h12H,4-9H2,1-3H3. The van der Waals surface area contributed by atoms with Crippen LogP contribution in [0.25, 0.3) is 0 Å². The summed E-state index contributed by atoms with van der Waals surface area (Å²) in [5, 5.41) is 0. The quantitative estimate of drug-likeness (QED) is 0.513. The molecule has 6 heteroatoms. The van der Waals surface area contributed by atoms with E-state index in [4.69, 9.17) is 16.3 Å². The van der Waals surface area contributed by atoms with Crippen molar-refractivity contribution in [2.75, 3.05) is 25.3 Å². The van der Waals surface area contributed by atoms with Crippen LogP contribution in [0.4, 0.5) is 0 Å². The summed E-state index contributed by atoms with van der Waals surface area (Å²) in [6, 6.07) is 0. The molecular formula is C10H22ClNO3S. The number of rotatable bonds is 9. The molecule has 0 aliphatic heterocycles. The van der Waals surface area contributed by atoms with Gasteiger partial charge in [-0.25, -0.2) is 13.1 Å². The fraction of sp³-hybridized carbons (Fsp3) is 1.00. The van der Waals surface area contributed by atoms with E-state index >= 15 is 0 Å². The van der Waals surface area contributed by atoms with Crippen molar-refractivity contribution >= 4 is 21.6 Å². The minimum Gasteiger partial charge on any atom is -0.385 e. The molecule has 0 spiro atoms. The lowest BCUT2D eigenvalue weighted by Crippen LogP contribution is -2.46. The van der Waals surface area contributed by atoms with Crippen LogP contribution in [0.3, 0.4) is 0 Å². The molecule has 0 radical (unpaired) electrons. The van der Waals surface area contributed by atoms with E-state index in [-0.39, 0.29) is 5.75 Å². The third-order valence-corrected chi connectivity index (χ3v) is 4.41. The van der Waals surface area contributed by atoms with Gasteiger partial charge in [0.05, 0.1) is 5.75 Å². The van der Waals surface area contributed by atoms with Crippen molar-refractivity contribution in [1.82, 2.24) is 4.72 Å². The Labute approximate surface area is 104 Å². The molecule has 0 saturated heterocycles. The summed E-state index contributed by atoms with van der Waals surface area (Å²) in [6.45, 7) is 4.28. The fourth-order valence-electron chi connectivity index (χ4n) is 1.33. The van der Waals surface area contributed by atoms with Crippen LogP contribution in [0.1, 0.15) is 33.1 Å². The van der Waals surface area contributed by atoms with E-state index in [1.54, 1.807) is 7.11 Å². The lowest BCUT2D eigenvalue weighted by atomic mass is 9.97. The summed E-state index contributed by atoms with van der Waals surface area (Å²) in [4.78, 5) is 0. The lowest BCUT2D eigenvalue weighted by molar-refractivity contribution is 0.199. The molecule has 0 bridgehead atoms. The minimum absolute atomic E-state index is 0.0959. The predicted octanol–water partition coefficient (Wildman–Crippen LogP) is 1.74. The summed E-state index contributed by atoms with van der Waals surface area (Å²) < 4.78 is 31.0. The summed E-state index contributed by atoms with van der Waals surface area (Å²) >= 11 is 5.67. The van der Waals surface area contributed by atoms with Crippen LogP contribution in [0, 0.1) is 0 Å². The maximum absolute atomic E-state index is 11.7. The topological polar surface area (TPSA) is 55.4 Å². The van der Waals surface area contributed by atoms with Gasteiger partial charge in [0.15, 0.2) is 0 Å². The molecule has 0 aliphatic rings. The first-order chi connectivity index (χ1) is 7.39. The Kier molecular flexibility index (Phi) is 7.55. The number of alkyl halides is 1. The van der Waals surface area contributed by atoms with Crippen LogP contribution in [0.15, 0.2) is 0 Å². The van der Waals surface area contributed by atoms with Gasteiger partial charge < -0.3 is 4.74 Å². The number of sulfonamides is 1. The SMILES string of the molecule is CCC(C)(CCCl)NS(=O)(=O)CCCOC. The van der Waals surface area contributed by atoms with Crippen molar-refractivity contribution in [3.8, 4) is 0 Å².